The maximum absolute atomic E-state index is 12.9. The van der Waals surface area contributed by atoms with E-state index in [-0.39, 0.29) is 16.8 Å². The van der Waals surface area contributed by atoms with Gasteiger partial charge in [-0.3, -0.25) is 9.10 Å². The van der Waals surface area contributed by atoms with Crippen LogP contribution in [0.25, 0.3) is 0 Å². The number of sulfonamides is 1. The number of anilines is 1. The fraction of sp³-hybridized carbons (Fsp3) is 0.350. The van der Waals surface area contributed by atoms with Crippen LogP contribution in [-0.2, 0) is 14.8 Å². The summed E-state index contributed by atoms with van der Waals surface area (Å²) in [4.78, 5) is 12.9. The van der Waals surface area contributed by atoms with Crippen LogP contribution in [-0.4, -0.2) is 26.6 Å². The van der Waals surface area contributed by atoms with Crippen molar-refractivity contribution in [3.63, 3.8) is 0 Å². The number of carbonyl (C=O) groups is 1. The number of amides is 1. The molecule has 1 amide bonds. The standard InChI is InChI=1S/C20H24Cl2N2O3S/c1-5-19(15-8-6-13(2)7-9-15)23-20(25)14(3)24(28(4,26)27)16-10-11-17(21)18(22)12-16/h6-12,14,19H,5H2,1-4H3,(H,23,25). The molecule has 0 radical (unpaired) electrons. The number of nitrogens with zero attached hydrogens (tertiary/aromatic N) is 1. The maximum Gasteiger partial charge on any atom is 0.244 e. The number of hydrogen-bond donors (Lipinski definition) is 1. The highest BCUT2D eigenvalue weighted by Crippen LogP contribution is 2.30. The molecule has 2 atom stereocenters. The van der Waals surface area contributed by atoms with Gasteiger partial charge in [0.15, 0.2) is 0 Å². The van der Waals surface area contributed by atoms with Gasteiger partial charge in [-0.2, -0.15) is 0 Å². The summed E-state index contributed by atoms with van der Waals surface area (Å²) in [6, 6.07) is 11.2. The molecular formula is C20H24Cl2N2O3S. The van der Waals surface area contributed by atoms with E-state index in [2.05, 4.69) is 5.32 Å². The van der Waals surface area contributed by atoms with E-state index < -0.39 is 22.0 Å². The Morgan fingerprint density at radius 2 is 1.71 bits per heavy atom. The topological polar surface area (TPSA) is 66.5 Å². The highest BCUT2D eigenvalue weighted by molar-refractivity contribution is 7.92. The Morgan fingerprint density at radius 3 is 2.21 bits per heavy atom. The molecule has 28 heavy (non-hydrogen) atoms. The SMILES string of the molecule is CCC(NC(=O)C(C)N(c1ccc(Cl)c(Cl)c1)S(C)(=O)=O)c1ccc(C)cc1. The second-order valence-corrected chi connectivity index (χ2v) is 9.39. The molecule has 2 unspecified atom stereocenters. The van der Waals surface area contributed by atoms with Gasteiger partial charge in [0.2, 0.25) is 15.9 Å². The van der Waals surface area contributed by atoms with Crippen LogP contribution in [0, 0.1) is 6.92 Å². The van der Waals surface area contributed by atoms with E-state index in [4.69, 9.17) is 23.2 Å². The van der Waals surface area contributed by atoms with Crippen molar-refractivity contribution in [2.75, 3.05) is 10.6 Å². The number of benzene rings is 2. The third kappa shape index (κ3) is 5.40. The second-order valence-electron chi connectivity index (χ2n) is 6.71. The lowest BCUT2D eigenvalue weighted by Gasteiger charge is -2.30. The van der Waals surface area contributed by atoms with Crippen LogP contribution >= 0.6 is 23.2 Å². The Kier molecular flexibility index (Phi) is 7.37. The van der Waals surface area contributed by atoms with Gasteiger partial charge in [0.25, 0.3) is 0 Å². The Morgan fingerprint density at radius 1 is 1.11 bits per heavy atom. The Hall–Kier alpha value is -1.76. The first kappa shape index (κ1) is 22.5. The van der Waals surface area contributed by atoms with E-state index in [1.54, 1.807) is 6.92 Å². The van der Waals surface area contributed by atoms with Crippen molar-refractivity contribution < 1.29 is 13.2 Å². The minimum Gasteiger partial charge on any atom is -0.347 e. The van der Waals surface area contributed by atoms with Gasteiger partial charge in [-0.05, 0) is 44.0 Å². The van der Waals surface area contributed by atoms with E-state index in [9.17, 15) is 13.2 Å². The molecule has 0 aromatic heterocycles. The monoisotopic (exact) mass is 442 g/mol. The molecule has 0 aliphatic carbocycles. The van der Waals surface area contributed by atoms with Gasteiger partial charge in [-0.1, -0.05) is 60.0 Å². The molecule has 8 heteroatoms. The molecule has 152 valence electrons. The first-order chi connectivity index (χ1) is 13.0. The average molecular weight is 443 g/mol. The van der Waals surface area contributed by atoms with E-state index in [0.29, 0.717) is 11.4 Å². The molecule has 0 saturated heterocycles. The van der Waals surface area contributed by atoms with Crippen molar-refractivity contribution in [1.82, 2.24) is 5.32 Å². The summed E-state index contributed by atoms with van der Waals surface area (Å²) in [5.41, 5.74) is 2.37. The van der Waals surface area contributed by atoms with Gasteiger partial charge in [-0.25, -0.2) is 8.42 Å². The number of rotatable bonds is 7. The van der Waals surface area contributed by atoms with Crippen molar-refractivity contribution in [3.8, 4) is 0 Å². The number of hydrogen-bond acceptors (Lipinski definition) is 3. The zero-order valence-corrected chi connectivity index (χ0v) is 18.6. The lowest BCUT2D eigenvalue weighted by atomic mass is 10.0. The van der Waals surface area contributed by atoms with Crippen LogP contribution in [0.5, 0.6) is 0 Å². The van der Waals surface area contributed by atoms with Crippen LogP contribution in [0.1, 0.15) is 37.4 Å². The average Bonchev–Trinajstić information content (AvgIpc) is 2.62. The minimum absolute atomic E-state index is 0.214. The van der Waals surface area contributed by atoms with Crippen molar-refractivity contribution in [2.45, 2.75) is 39.3 Å². The van der Waals surface area contributed by atoms with Gasteiger partial charge >= 0.3 is 0 Å². The third-order valence-electron chi connectivity index (χ3n) is 4.45. The van der Waals surface area contributed by atoms with E-state index in [0.717, 1.165) is 21.7 Å². The van der Waals surface area contributed by atoms with Gasteiger partial charge in [-0.15, -0.1) is 0 Å². The van der Waals surface area contributed by atoms with E-state index >= 15 is 0 Å². The van der Waals surface area contributed by atoms with Crippen LogP contribution in [0.2, 0.25) is 10.0 Å². The first-order valence-corrected chi connectivity index (χ1v) is 11.5. The van der Waals surface area contributed by atoms with Crippen LogP contribution in [0.4, 0.5) is 5.69 Å². The molecule has 2 aromatic rings. The van der Waals surface area contributed by atoms with Gasteiger partial charge in [0, 0.05) is 0 Å². The lowest BCUT2D eigenvalue weighted by molar-refractivity contribution is -0.122. The first-order valence-electron chi connectivity index (χ1n) is 8.86. The summed E-state index contributed by atoms with van der Waals surface area (Å²) in [5.74, 6) is -0.399. The molecule has 0 fully saturated rings. The molecule has 0 aliphatic rings. The molecule has 1 N–H and O–H groups in total. The summed E-state index contributed by atoms with van der Waals surface area (Å²) < 4.78 is 25.9. The van der Waals surface area contributed by atoms with Crippen molar-refractivity contribution in [1.29, 1.82) is 0 Å². The smallest absolute Gasteiger partial charge is 0.244 e. The zero-order chi connectivity index (χ0) is 21.1. The van der Waals surface area contributed by atoms with E-state index in [1.807, 2.05) is 38.1 Å². The van der Waals surface area contributed by atoms with Gasteiger partial charge < -0.3 is 5.32 Å². The fourth-order valence-corrected chi connectivity index (χ4v) is 4.40. The number of nitrogens with one attached hydrogen (secondary N) is 1. The normalized spacial score (nSPS) is 13.6. The molecule has 5 nitrogen and oxygen atoms in total. The van der Waals surface area contributed by atoms with Gasteiger partial charge in [0.1, 0.15) is 6.04 Å². The highest BCUT2D eigenvalue weighted by Gasteiger charge is 2.30. The lowest BCUT2D eigenvalue weighted by Crippen LogP contribution is -2.48. The fourth-order valence-electron chi connectivity index (χ4n) is 2.94. The molecule has 2 aromatic carbocycles. The summed E-state index contributed by atoms with van der Waals surface area (Å²) in [6.07, 6.45) is 1.73. The predicted octanol–water partition coefficient (Wildman–Crippen LogP) is 4.72. The maximum atomic E-state index is 12.9. The van der Waals surface area contributed by atoms with Crippen molar-refractivity contribution in [2.24, 2.45) is 0 Å². The van der Waals surface area contributed by atoms with Gasteiger partial charge in [0.05, 0.1) is 28.0 Å². The molecule has 0 spiro atoms. The number of carbonyl (C=O) groups excluding carboxylic acids is 1. The summed E-state index contributed by atoms with van der Waals surface area (Å²) in [5, 5.41) is 3.47. The largest absolute Gasteiger partial charge is 0.347 e. The molecular weight excluding hydrogens is 419 g/mol. The Labute approximate surface area is 176 Å². The molecule has 0 bridgehead atoms. The van der Waals surface area contributed by atoms with Crippen LogP contribution in [0.3, 0.4) is 0 Å². The summed E-state index contributed by atoms with van der Waals surface area (Å²) in [6.45, 7) is 5.50. The van der Waals surface area contributed by atoms with Crippen LogP contribution in [0.15, 0.2) is 42.5 Å². The van der Waals surface area contributed by atoms with E-state index in [1.165, 1.54) is 18.2 Å². The molecule has 0 saturated carbocycles. The minimum atomic E-state index is -3.73. The Bertz CT molecular complexity index is 946. The number of aryl methyl sites for hydroxylation is 1. The third-order valence-corrected chi connectivity index (χ3v) is 6.43. The highest BCUT2D eigenvalue weighted by atomic mass is 35.5. The summed E-state index contributed by atoms with van der Waals surface area (Å²) >= 11 is 12.0. The van der Waals surface area contributed by atoms with Crippen molar-refractivity contribution in [3.05, 3.63) is 63.6 Å². The molecule has 2 rings (SSSR count). The second kappa shape index (κ2) is 9.16. The predicted molar refractivity (Wildman–Crippen MR) is 116 cm³/mol. The Balaban J connectivity index is 2.30. The molecule has 0 aliphatic heterocycles. The molecule has 0 heterocycles. The van der Waals surface area contributed by atoms with Crippen LogP contribution < -0.4 is 9.62 Å². The van der Waals surface area contributed by atoms with Crippen molar-refractivity contribution >= 4 is 44.8 Å². The summed E-state index contributed by atoms with van der Waals surface area (Å²) in [7, 11) is -3.73. The zero-order valence-electron chi connectivity index (χ0n) is 16.2. The number of halogens is 2. The quantitative estimate of drug-likeness (QED) is 0.673.